The van der Waals surface area contributed by atoms with Gasteiger partial charge in [0.2, 0.25) is 0 Å². The highest BCUT2D eigenvalue weighted by molar-refractivity contribution is 5.97. The topological polar surface area (TPSA) is 20.3 Å². The van der Waals surface area contributed by atoms with Crippen LogP contribution in [0.3, 0.4) is 0 Å². The molecule has 88 valence electrons. The zero-order chi connectivity index (χ0) is 12.1. The Morgan fingerprint density at radius 2 is 2.12 bits per heavy atom. The summed E-state index contributed by atoms with van der Waals surface area (Å²) < 4.78 is 24.1. The second kappa shape index (κ2) is 5.70. The number of likely N-dealkylation sites (N-methyl/N-ethyl adjacent to an activating group) is 1. The first-order valence-electron chi connectivity index (χ1n) is 5.05. The molecule has 1 rings (SSSR count). The lowest BCUT2D eigenvalue weighted by Crippen LogP contribution is -2.30. The van der Waals surface area contributed by atoms with Gasteiger partial charge in [-0.3, -0.25) is 9.69 Å². The molecule has 16 heavy (non-hydrogen) atoms. The van der Waals surface area contributed by atoms with E-state index in [4.69, 9.17) is 0 Å². The standard InChI is InChI=1S/C12H15F2NO/c1-9-4-3-5-10(6-9)11(16)7-15(2)8-12(13)14/h3-6,12H,7-8H2,1-2H3. The maximum Gasteiger partial charge on any atom is 0.251 e. The van der Waals surface area contributed by atoms with E-state index in [9.17, 15) is 13.6 Å². The van der Waals surface area contributed by atoms with Crippen LogP contribution < -0.4 is 0 Å². The number of carbonyl (C=O) groups excluding carboxylic acids is 1. The Morgan fingerprint density at radius 1 is 1.44 bits per heavy atom. The minimum absolute atomic E-state index is 0.0216. The molecule has 0 unspecified atom stereocenters. The van der Waals surface area contributed by atoms with Gasteiger partial charge in [-0.05, 0) is 20.0 Å². The predicted molar refractivity (Wildman–Crippen MR) is 59.0 cm³/mol. The number of nitrogens with zero attached hydrogens (tertiary/aromatic N) is 1. The third-order valence-electron chi connectivity index (χ3n) is 2.20. The SMILES string of the molecule is Cc1cccc(C(=O)CN(C)CC(F)F)c1. The fourth-order valence-corrected chi connectivity index (χ4v) is 1.46. The number of benzene rings is 1. The molecule has 0 spiro atoms. The van der Waals surface area contributed by atoms with E-state index in [0.29, 0.717) is 5.56 Å². The van der Waals surface area contributed by atoms with E-state index >= 15 is 0 Å². The van der Waals surface area contributed by atoms with Crippen LogP contribution in [0.5, 0.6) is 0 Å². The van der Waals surface area contributed by atoms with Crippen molar-refractivity contribution >= 4 is 5.78 Å². The molecule has 0 aliphatic rings. The van der Waals surface area contributed by atoms with E-state index < -0.39 is 6.43 Å². The van der Waals surface area contributed by atoms with Crippen LogP contribution >= 0.6 is 0 Å². The molecule has 0 atom stereocenters. The van der Waals surface area contributed by atoms with Crippen molar-refractivity contribution in [3.05, 3.63) is 35.4 Å². The molecule has 0 N–H and O–H groups in total. The van der Waals surface area contributed by atoms with E-state index in [0.717, 1.165) is 5.56 Å². The van der Waals surface area contributed by atoms with E-state index in [-0.39, 0.29) is 18.9 Å². The van der Waals surface area contributed by atoms with Crippen LogP contribution in [-0.4, -0.2) is 37.2 Å². The number of aryl methyl sites for hydroxylation is 1. The lowest BCUT2D eigenvalue weighted by molar-refractivity contribution is 0.0820. The normalized spacial score (nSPS) is 11.1. The molecular weight excluding hydrogens is 212 g/mol. The molecule has 1 aromatic carbocycles. The number of hydrogen-bond donors (Lipinski definition) is 0. The van der Waals surface area contributed by atoms with E-state index in [1.165, 1.54) is 11.9 Å². The summed E-state index contributed by atoms with van der Waals surface area (Å²) in [6.07, 6.45) is -2.41. The van der Waals surface area contributed by atoms with Gasteiger partial charge in [-0.2, -0.15) is 0 Å². The van der Waals surface area contributed by atoms with E-state index in [2.05, 4.69) is 0 Å². The fraction of sp³-hybridized carbons (Fsp3) is 0.417. The van der Waals surface area contributed by atoms with Gasteiger partial charge >= 0.3 is 0 Å². The molecule has 0 aliphatic heterocycles. The van der Waals surface area contributed by atoms with Crippen molar-refractivity contribution in [2.75, 3.05) is 20.1 Å². The second-order valence-corrected chi connectivity index (χ2v) is 3.88. The van der Waals surface area contributed by atoms with Gasteiger partial charge in [-0.15, -0.1) is 0 Å². The van der Waals surface area contributed by atoms with Crippen LogP contribution in [0.4, 0.5) is 8.78 Å². The van der Waals surface area contributed by atoms with Crippen LogP contribution in [0.15, 0.2) is 24.3 Å². The monoisotopic (exact) mass is 227 g/mol. The molecule has 0 radical (unpaired) electrons. The Labute approximate surface area is 93.9 Å². The minimum Gasteiger partial charge on any atom is -0.293 e. The van der Waals surface area contributed by atoms with Crippen molar-refractivity contribution in [1.82, 2.24) is 4.90 Å². The third-order valence-corrected chi connectivity index (χ3v) is 2.20. The van der Waals surface area contributed by atoms with Gasteiger partial charge < -0.3 is 0 Å². The lowest BCUT2D eigenvalue weighted by Gasteiger charge is -2.14. The summed E-state index contributed by atoms with van der Waals surface area (Å²) in [5.74, 6) is -0.133. The van der Waals surface area contributed by atoms with Crippen LogP contribution in [0.2, 0.25) is 0 Å². The Bertz CT molecular complexity index is 366. The summed E-state index contributed by atoms with van der Waals surface area (Å²) >= 11 is 0. The smallest absolute Gasteiger partial charge is 0.251 e. The summed E-state index contributed by atoms with van der Waals surface area (Å²) in [6.45, 7) is 1.53. The first-order valence-corrected chi connectivity index (χ1v) is 5.05. The highest BCUT2D eigenvalue weighted by atomic mass is 19.3. The maximum absolute atomic E-state index is 12.0. The number of carbonyl (C=O) groups is 1. The fourth-order valence-electron chi connectivity index (χ4n) is 1.46. The van der Waals surface area contributed by atoms with Gasteiger partial charge in [0.25, 0.3) is 6.43 Å². The summed E-state index contributed by atoms with van der Waals surface area (Å²) in [4.78, 5) is 13.0. The van der Waals surface area contributed by atoms with Crippen molar-refractivity contribution in [2.45, 2.75) is 13.3 Å². The molecule has 0 fully saturated rings. The summed E-state index contributed by atoms with van der Waals surface area (Å²) in [5.41, 5.74) is 1.56. The number of halogens is 2. The summed E-state index contributed by atoms with van der Waals surface area (Å²) in [6, 6.07) is 7.14. The maximum atomic E-state index is 12.0. The number of alkyl halides is 2. The summed E-state index contributed by atoms with van der Waals surface area (Å²) in [5, 5.41) is 0. The van der Waals surface area contributed by atoms with Gasteiger partial charge in [0, 0.05) is 5.56 Å². The van der Waals surface area contributed by atoms with Crippen LogP contribution in [0.1, 0.15) is 15.9 Å². The van der Waals surface area contributed by atoms with Crippen LogP contribution in [0, 0.1) is 6.92 Å². The number of hydrogen-bond acceptors (Lipinski definition) is 2. The van der Waals surface area contributed by atoms with Gasteiger partial charge in [-0.25, -0.2) is 8.78 Å². The molecule has 4 heteroatoms. The molecule has 0 aliphatic carbocycles. The average Bonchev–Trinajstić information content (AvgIpc) is 2.16. The summed E-state index contributed by atoms with van der Waals surface area (Å²) in [7, 11) is 1.51. The largest absolute Gasteiger partial charge is 0.293 e. The van der Waals surface area contributed by atoms with Gasteiger partial charge in [0.15, 0.2) is 5.78 Å². The third kappa shape index (κ3) is 4.06. The van der Waals surface area contributed by atoms with Crippen molar-refractivity contribution in [2.24, 2.45) is 0 Å². The zero-order valence-corrected chi connectivity index (χ0v) is 9.41. The van der Waals surface area contributed by atoms with Crippen molar-refractivity contribution in [3.8, 4) is 0 Å². The first-order chi connectivity index (χ1) is 7.49. The molecule has 2 nitrogen and oxygen atoms in total. The first kappa shape index (κ1) is 12.8. The molecule has 0 amide bonds. The van der Waals surface area contributed by atoms with E-state index in [1.807, 2.05) is 13.0 Å². The Balaban J connectivity index is 2.59. The number of rotatable bonds is 5. The molecule has 0 heterocycles. The molecule has 1 aromatic rings. The second-order valence-electron chi connectivity index (χ2n) is 3.88. The zero-order valence-electron chi connectivity index (χ0n) is 9.41. The lowest BCUT2D eigenvalue weighted by atomic mass is 10.1. The van der Waals surface area contributed by atoms with Gasteiger partial charge in [0.05, 0.1) is 13.1 Å². The molecule has 0 bridgehead atoms. The Kier molecular flexibility index (Phi) is 4.55. The number of Topliss-reactive ketones (excluding diaryl/α,β-unsaturated/α-hetero) is 1. The molecule has 0 aromatic heterocycles. The predicted octanol–water partition coefficient (Wildman–Crippen LogP) is 2.37. The molecular formula is C12H15F2NO. The minimum atomic E-state index is -2.41. The molecule has 0 saturated heterocycles. The highest BCUT2D eigenvalue weighted by Gasteiger charge is 2.12. The van der Waals surface area contributed by atoms with Gasteiger partial charge in [-0.1, -0.05) is 23.8 Å². The van der Waals surface area contributed by atoms with Crippen molar-refractivity contribution in [3.63, 3.8) is 0 Å². The van der Waals surface area contributed by atoms with Gasteiger partial charge in [0.1, 0.15) is 0 Å². The number of ketones is 1. The Morgan fingerprint density at radius 3 is 2.69 bits per heavy atom. The Hall–Kier alpha value is -1.29. The highest BCUT2D eigenvalue weighted by Crippen LogP contribution is 2.06. The quantitative estimate of drug-likeness (QED) is 0.720. The van der Waals surface area contributed by atoms with Crippen molar-refractivity contribution < 1.29 is 13.6 Å². The van der Waals surface area contributed by atoms with Crippen molar-refractivity contribution in [1.29, 1.82) is 0 Å². The average molecular weight is 227 g/mol. The van der Waals surface area contributed by atoms with Crippen LogP contribution in [0.25, 0.3) is 0 Å². The van der Waals surface area contributed by atoms with E-state index in [1.54, 1.807) is 18.2 Å². The van der Waals surface area contributed by atoms with Crippen LogP contribution in [-0.2, 0) is 0 Å². The molecule has 0 saturated carbocycles.